The van der Waals surface area contributed by atoms with Crippen LogP contribution in [0.25, 0.3) is 0 Å². The molecule has 2 aliphatic heterocycles. The van der Waals surface area contributed by atoms with Crippen LogP contribution in [0.5, 0.6) is 5.88 Å². The Labute approximate surface area is 154 Å². The first-order chi connectivity index (χ1) is 12.8. The largest absolute Gasteiger partial charge is 0.481 e. The highest BCUT2D eigenvalue weighted by atomic mass is 16.5. The smallest absolute Gasteiger partial charge is 0.217 e. The lowest BCUT2D eigenvalue weighted by atomic mass is 10.1. The van der Waals surface area contributed by atoms with Gasteiger partial charge in [0, 0.05) is 56.7 Å². The van der Waals surface area contributed by atoms with Gasteiger partial charge in [-0.3, -0.25) is 14.8 Å². The molecule has 0 unspecified atom stereocenters. The van der Waals surface area contributed by atoms with E-state index in [1.54, 1.807) is 13.3 Å². The number of hydrogen-bond acceptors (Lipinski definition) is 6. The van der Waals surface area contributed by atoms with Crippen LogP contribution < -0.4 is 4.74 Å². The van der Waals surface area contributed by atoms with E-state index in [4.69, 9.17) is 9.47 Å². The maximum Gasteiger partial charge on any atom is 0.217 e. The van der Waals surface area contributed by atoms with Crippen molar-refractivity contribution in [3.8, 4) is 5.88 Å². The molecule has 26 heavy (non-hydrogen) atoms. The van der Waals surface area contributed by atoms with Gasteiger partial charge < -0.3 is 9.47 Å². The number of ether oxygens (including phenoxy) is 2. The molecule has 0 bridgehead atoms. The number of piperazine rings is 1. The van der Waals surface area contributed by atoms with Crippen LogP contribution in [-0.4, -0.2) is 65.2 Å². The van der Waals surface area contributed by atoms with E-state index in [-0.39, 0.29) is 0 Å². The van der Waals surface area contributed by atoms with E-state index < -0.39 is 0 Å². The Kier molecular flexibility index (Phi) is 5.43. The third-order valence-corrected chi connectivity index (χ3v) is 5.29. The van der Waals surface area contributed by atoms with Crippen molar-refractivity contribution in [2.45, 2.75) is 31.7 Å². The fourth-order valence-electron chi connectivity index (χ4n) is 3.98. The zero-order valence-electron chi connectivity index (χ0n) is 15.3. The second-order valence-corrected chi connectivity index (χ2v) is 7.05. The molecule has 0 amide bonds. The summed E-state index contributed by atoms with van der Waals surface area (Å²) in [5.74, 6) is 0.734. The molecule has 2 aliphatic rings. The normalized spacial score (nSPS) is 23.7. The summed E-state index contributed by atoms with van der Waals surface area (Å²) < 4.78 is 11.5. The zero-order valence-corrected chi connectivity index (χ0v) is 15.3. The Balaban J connectivity index is 1.30. The zero-order chi connectivity index (χ0) is 17.8. The summed E-state index contributed by atoms with van der Waals surface area (Å²) in [5, 5.41) is 0. The SMILES string of the molecule is COc1ncccc1CN1CCN2C[C@@H](OCc3ccccn3)C[C@@H]2C1. The van der Waals surface area contributed by atoms with E-state index in [0.29, 0.717) is 18.8 Å². The van der Waals surface area contributed by atoms with Gasteiger partial charge in [0.2, 0.25) is 5.88 Å². The van der Waals surface area contributed by atoms with Gasteiger partial charge in [-0.25, -0.2) is 4.98 Å². The van der Waals surface area contributed by atoms with E-state index in [2.05, 4.69) is 25.8 Å². The molecule has 2 fully saturated rings. The van der Waals surface area contributed by atoms with Crippen LogP contribution in [0.1, 0.15) is 17.7 Å². The minimum Gasteiger partial charge on any atom is -0.481 e. The van der Waals surface area contributed by atoms with Crippen molar-refractivity contribution in [3.05, 3.63) is 54.0 Å². The molecule has 2 saturated heterocycles. The topological polar surface area (TPSA) is 50.7 Å². The molecule has 4 heterocycles. The Morgan fingerprint density at radius 1 is 1.08 bits per heavy atom. The van der Waals surface area contributed by atoms with Gasteiger partial charge in [-0.15, -0.1) is 0 Å². The first-order valence-electron chi connectivity index (χ1n) is 9.27. The third kappa shape index (κ3) is 4.03. The molecule has 6 nitrogen and oxygen atoms in total. The minimum atomic E-state index is 0.301. The first-order valence-corrected chi connectivity index (χ1v) is 9.27. The van der Waals surface area contributed by atoms with Crippen molar-refractivity contribution in [2.75, 3.05) is 33.3 Å². The number of rotatable bonds is 6. The highest BCUT2D eigenvalue weighted by Gasteiger charge is 2.36. The van der Waals surface area contributed by atoms with Crippen molar-refractivity contribution in [3.63, 3.8) is 0 Å². The maximum atomic E-state index is 6.12. The summed E-state index contributed by atoms with van der Waals surface area (Å²) in [5.41, 5.74) is 2.16. The van der Waals surface area contributed by atoms with Crippen LogP contribution in [0.3, 0.4) is 0 Å². The summed E-state index contributed by atoms with van der Waals surface area (Å²) >= 11 is 0. The number of hydrogen-bond donors (Lipinski definition) is 0. The molecular weight excluding hydrogens is 328 g/mol. The van der Waals surface area contributed by atoms with E-state index in [1.165, 1.54) is 0 Å². The van der Waals surface area contributed by atoms with Crippen LogP contribution >= 0.6 is 0 Å². The highest BCUT2D eigenvalue weighted by Crippen LogP contribution is 2.26. The van der Waals surface area contributed by atoms with E-state index in [0.717, 1.165) is 56.3 Å². The fraction of sp³-hybridized carbons (Fsp3) is 0.500. The van der Waals surface area contributed by atoms with Gasteiger partial charge in [-0.05, 0) is 24.6 Å². The molecule has 6 heteroatoms. The van der Waals surface area contributed by atoms with Gasteiger partial charge in [0.05, 0.1) is 25.5 Å². The second kappa shape index (κ2) is 8.12. The van der Waals surface area contributed by atoms with Gasteiger partial charge in [0.1, 0.15) is 0 Å². The monoisotopic (exact) mass is 354 g/mol. The van der Waals surface area contributed by atoms with Crippen LogP contribution in [0, 0.1) is 0 Å². The van der Waals surface area contributed by atoms with Gasteiger partial charge in [-0.2, -0.15) is 0 Å². The van der Waals surface area contributed by atoms with Crippen LogP contribution in [-0.2, 0) is 17.9 Å². The molecule has 0 aromatic carbocycles. The van der Waals surface area contributed by atoms with Crippen molar-refractivity contribution in [2.24, 2.45) is 0 Å². The lowest BCUT2D eigenvalue weighted by Crippen LogP contribution is -2.49. The van der Waals surface area contributed by atoms with E-state index in [1.807, 2.05) is 30.5 Å². The molecule has 0 aliphatic carbocycles. The van der Waals surface area contributed by atoms with Crippen molar-refractivity contribution >= 4 is 0 Å². The Hall–Kier alpha value is -2.02. The molecule has 4 rings (SSSR count). The van der Waals surface area contributed by atoms with Crippen molar-refractivity contribution < 1.29 is 9.47 Å². The average Bonchev–Trinajstić information content (AvgIpc) is 3.10. The molecule has 0 radical (unpaired) electrons. The molecule has 0 saturated carbocycles. The number of pyridine rings is 2. The summed E-state index contributed by atoms with van der Waals surface area (Å²) in [6.45, 7) is 5.75. The van der Waals surface area contributed by atoms with Crippen molar-refractivity contribution in [1.29, 1.82) is 0 Å². The Bertz CT molecular complexity index is 712. The molecule has 2 aromatic heterocycles. The average molecular weight is 354 g/mol. The quantitative estimate of drug-likeness (QED) is 0.790. The molecular formula is C20H26N4O2. The Morgan fingerprint density at radius 2 is 2.00 bits per heavy atom. The fourth-order valence-corrected chi connectivity index (χ4v) is 3.98. The molecule has 138 valence electrons. The third-order valence-electron chi connectivity index (χ3n) is 5.29. The molecule has 0 spiro atoms. The van der Waals surface area contributed by atoms with Gasteiger partial charge in [0.15, 0.2) is 0 Å². The Morgan fingerprint density at radius 3 is 2.85 bits per heavy atom. The predicted octanol–water partition coefficient (Wildman–Crippen LogP) is 1.96. The predicted molar refractivity (Wildman–Crippen MR) is 98.9 cm³/mol. The van der Waals surface area contributed by atoms with Crippen LogP contribution in [0.2, 0.25) is 0 Å². The number of fused-ring (bicyclic) bond motifs is 1. The number of nitrogens with zero attached hydrogens (tertiary/aromatic N) is 4. The lowest BCUT2D eigenvalue weighted by molar-refractivity contribution is 0.0440. The van der Waals surface area contributed by atoms with Crippen molar-refractivity contribution in [1.82, 2.24) is 19.8 Å². The van der Waals surface area contributed by atoms with E-state index >= 15 is 0 Å². The van der Waals surface area contributed by atoms with E-state index in [9.17, 15) is 0 Å². The maximum absolute atomic E-state index is 6.12. The lowest BCUT2D eigenvalue weighted by Gasteiger charge is -2.37. The summed E-state index contributed by atoms with van der Waals surface area (Å²) in [4.78, 5) is 13.7. The first kappa shape index (κ1) is 17.4. The summed E-state index contributed by atoms with van der Waals surface area (Å²) in [7, 11) is 1.68. The van der Waals surface area contributed by atoms with Crippen LogP contribution in [0.4, 0.5) is 0 Å². The second-order valence-electron chi connectivity index (χ2n) is 7.05. The standard InChI is InChI=1S/C20H26N4O2/c1-25-20-16(5-4-8-22-20)12-23-9-10-24-14-19(11-18(24)13-23)26-15-17-6-2-3-7-21-17/h2-8,18-19H,9-15H2,1H3/t18-,19+/m1/s1. The molecule has 2 aromatic rings. The number of aromatic nitrogens is 2. The van der Waals surface area contributed by atoms with Gasteiger partial charge in [0.25, 0.3) is 0 Å². The van der Waals surface area contributed by atoms with Crippen LogP contribution in [0.15, 0.2) is 42.7 Å². The molecule has 0 N–H and O–H groups in total. The summed E-state index contributed by atoms with van der Waals surface area (Å²) in [6, 6.07) is 10.6. The molecule has 2 atom stereocenters. The van der Waals surface area contributed by atoms with Gasteiger partial charge in [-0.1, -0.05) is 12.1 Å². The number of methoxy groups -OCH3 is 1. The van der Waals surface area contributed by atoms with Gasteiger partial charge >= 0.3 is 0 Å². The summed E-state index contributed by atoms with van der Waals surface area (Å²) in [6.07, 6.45) is 4.99. The minimum absolute atomic E-state index is 0.301. The highest BCUT2D eigenvalue weighted by molar-refractivity contribution is 5.25.